The minimum absolute atomic E-state index is 0.171. The molecule has 1 unspecified atom stereocenters. The van der Waals surface area contributed by atoms with E-state index in [0.717, 1.165) is 31.7 Å². The zero-order valence-corrected chi connectivity index (χ0v) is 12.3. The molecule has 1 spiro atoms. The van der Waals surface area contributed by atoms with Crippen LogP contribution in [0.4, 0.5) is 0 Å². The zero-order chi connectivity index (χ0) is 13.3. The Kier molecular flexibility index (Phi) is 3.84. The molecule has 3 fully saturated rings. The molecular formula is C16H28N2O. The molecule has 3 rings (SSSR count). The number of carbonyl (C=O) groups excluding carboxylic acids is 1. The van der Waals surface area contributed by atoms with Crippen molar-refractivity contribution >= 4 is 5.91 Å². The number of hydrogen-bond donors (Lipinski definition) is 1. The monoisotopic (exact) mass is 264 g/mol. The van der Waals surface area contributed by atoms with E-state index in [1.54, 1.807) is 0 Å². The third-order valence-corrected chi connectivity index (χ3v) is 5.51. The lowest BCUT2D eigenvalue weighted by Crippen LogP contribution is -2.44. The second-order valence-corrected chi connectivity index (χ2v) is 6.82. The highest BCUT2D eigenvalue weighted by Crippen LogP contribution is 2.38. The molecule has 1 saturated heterocycles. The predicted octanol–water partition coefficient (Wildman–Crippen LogP) is 3.05. The van der Waals surface area contributed by atoms with Crippen LogP contribution >= 0.6 is 0 Å². The Morgan fingerprint density at radius 1 is 1.16 bits per heavy atom. The second kappa shape index (κ2) is 5.43. The lowest BCUT2D eigenvalue weighted by molar-refractivity contribution is -0.133. The molecule has 0 aromatic heterocycles. The maximum atomic E-state index is 12.8. The van der Waals surface area contributed by atoms with Crippen molar-refractivity contribution in [1.29, 1.82) is 0 Å². The molecular weight excluding hydrogens is 236 g/mol. The lowest BCUT2D eigenvalue weighted by Gasteiger charge is -2.30. The topological polar surface area (TPSA) is 32.3 Å². The first-order chi connectivity index (χ1) is 9.25. The normalized spacial score (nSPS) is 31.5. The number of amides is 1. The molecule has 1 heterocycles. The molecule has 0 radical (unpaired) electrons. The van der Waals surface area contributed by atoms with E-state index in [9.17, 15) is 4.79 Å². The summed E-state index contributed by atoms with van der Waals surface area (Å²) in [6, 6.07) is 0. The van der Waals surface area contributed by atoms with Gasteiger partial charge in [0.1, 0.15) is 0 Å². The highest BCUT2D eigenvalue weighted by molar-refractivity contribution is 5.89. The van der Waals surface area contributed by atoms with Crippen LogP contribution in [0, 0.1) is 5.92 Å². The Morgan fingerprint density at radius 3 is 2.47 bits per heavy atom. The van der Waals surface area contributed by atoms with Gasteiger partial charge in [-0.15, -0.1) is 0 Å². The van der Waals surface area contributed by atoms with E-state index < -0.39 is 0 Å². The summed E-state index contributed by atoms with van der Waals surface area (Å²) in [7, 11) is 0. The fourth-order valence-electron chi connectivity index (χ4n) is 4.39. The van der Waals surface area contributed by atoms with Gasteiger partial charge in [0.05, 0.1) is 11.7 Å². The van der Waals surface area contributed by atoms with Crippen molar-refractivity contribution in [2.24, 2.45) is 5.92 Å². The van der Waals surface area contributed by atoms with Crippen LogP contribution < -0.4 is 5.32 Å². The highest BCUT2D eigenvalue weighted by Gasteiger charge is 2.51. The van der Waals surface area contributed by atoms with Gasteiger partial charge in [-0.1, -0.05) is 39.0 Å². The fourth-order valence-corrected chi connectivity index (χ4v) is 4.39. The summed E-state index contributed by atoms with van der Waals surface area (Å²) in [5.41, 5.74) is -0.171. The van der Waals surface area contributed by atoms with E-state index in [1.165, 1.54) is 44.9 Å². The summed E-state index contributed by atoms with van der Waals surface area (Å²) in [5.74, 6) is 1.17. The standard InChI is InChI=1S/C16H28N2O/c1-2-14-17-16(10-6-7-11-16)15(19)18(14)12-13-8-4-3-5-9-13/h13-14,17H,2-12H2,1H3. The van der Waals surface area contributed by atoms with Crippen molar-refractivity contribution in [3.8, 4) is 0 Å². The Morgan fingerprint density at radius 2 is 1.84 bits per heavy atom. The Bertz CT molecular complexity index is 330. The minimum atomic E-state index is -0.171. The number of carbonyl (C=O) groups is 1. The molecule has 3 nitrogen and oxygen atoms in total. The molecule has 0 aromatic carbocycles. The van der Waals surface area contributed by atoms with Crippen molar-refractivity contribution < 1.29 is 4.79 Å². The van der Waals surface area contributed by atoms with Gasteiger partial charge >= 0.3 is 0 Å². The second-order valence-electron chi connectivity index (χ2n) is 6.82. The van der Waals surface area contributed by atoms with Crippen molar-refractivity contribution in [2.75, 3.05) is 6.54 Å². The van der Waals surface area contributed by atoms with Crippen LogP contribution in [0.15, 0.2) is 0 Å². The van der Waals surface area contributed by atoms with Crippen LogP contribution in [0.25, 0.3) is 0 Å². The predicted molar refractivity (Wildman–Crippen MR) is 76.7 cm³/mol. The van der Waals surface area contributed by atoms with Gasteiger partial charge in [0.25, 0.3) is 0 Å². The van der Waals surface area contributed by atoms with Gasteiger partial charge in [-0.25, -0.2) is 0 Å². The fraction of sp³-hybridized carbons (Fsp3) is 0.938. The first kappa shape index (κ1) is 13.4. The molecule has 1 N–H and O–H groups in total. The summed E-state index contributed by atoms with van der Waals surface area (Å²) < 4.78 is 0. The maximum Gasteiger partial charge on any atom is 0.244 e. The van der Waals surface area contributed by atoms with E-state index in [0.29, 0.717) is 12.1 Å². The van der Waals surface area contributed by atoms with Crippen LogP contribution in [-0.2, 0) is 4.79 Å². The quantitative estimate of drug-likeness (QED) is 0.849. The molecule has 2 saturated carbocycles. The molecule has 0 bridgehead atoms. The third-order valence-electron chi connectivity index (χ3n) is 5.51. The van der Waals surface area contributed by atoms with Gasteiger partial charge in [-0.3, -0.25) is 10.1 Å². The van der Waals surface area contributed by atoms with Crippen molar-refractivity contribution in [1.82, 2.24) is 10.2 Å². The highest BCUT2D eigenvalue weighted by atomic mass is 16.2. The largest absolute Gasteiger partial charge is 0.325 e. The number of nitrogens with zero attached hydrogens (tertiary/aromatic N) is 1. The van der Waals surface area contributed by atoms with Gasteiger partial charge < -0.3 is 4.90 Å². The molecule has 108 valence electrons. The van der Waals surface area contributed by atoms with Gasteiger partial charge in [0.2, 0.25) is 5.91 Å². The molecule has 19 heavy (non-hydrogen) atoms. The van der Waals surface area contributed by atoms with Crippen molar-refractivity contribution in [2.45, 2.75) is 82.8 Å². The van der Waals surface area contributed by atoms with Gasteiger partial charge in [0, 0.05) is 6.54 Å². The van der Waals surface area contributed by atoms with Gasteiger partial charge in [0.15, 0.2) is 0 Å². The summed E-state index contributed by atoms with van der Waals surface area (Å²) in [6.45, 7) is 3.21. The molecule has 3 aliphatic rings. The number of hydrogen-bond acceptors (Lipinski definition) is 2. The zero-order valence-electron chi connectivity index (χ0n) is 12.3. The SMILES string of the molecule is CCC1NC2(CCCC2)C(=O)N1CC1CCCCC1. The van der Waals surface area contributed by atoms with Crippen LogP contribution in [0.3, 0.4) is 0 Å². The Hall–Kier alpha value is -0.570. The molecule has 1 aliphatic heterocycles. The summed E-state index contributed by atoms with van der Waals surface area (Å²) >= 11 is 0. The molecule has 1 amide bonds. The Labute approximate surface area is 117 Å². The Balaban J connectivity index is 1.69. The van der Waals surface area contributed by atoms with Crippen LogP contribution in [0.1, 0.15) is 71.1 Å². The summed E-state index contributed by atoms with van der Waals surface area (Å²) in [5, 5.41) is 3.68. The van der Waals surface area contributed by atoms with Crippen molar-refractivity contribution in [3.05, 3.63) is 0 Å². The van der Waals surface area contributed by atoms with Gasteiger partial charge in [-0.2, -0.15) is 0 Å². The van der Waals surface area contributed by atoms with Crippen LogP contribution in [-0.4, -0.2) is 29.1 Å². The van der Waals surface area contributed by atoms with E-state index in [2.05, 4.69) is 17.1 Å². The lowest BCUT2D eigenvalue weighted by atomic mass is 9.88. The third kappa shape index (κ3) is 2.42. The smallest absolute Gasteiger partial charge is 0.244 e. The van der Waals surface area contributed by atoms with E-state index in [-0.39, 0.29) is 5.54 Å². The van der Waals surface area contributed by atoms with Crippen molar-refractivity contribution in [3.63, 3.8) is 0 Å². The average molecular weight is 264 g/mol. The molecule has 0 aromatic rings. The van der Waals surface area contributed by atoms with E-state index >= 15 is 0 Å². The van der Waals surface area contributed by atoms with Crippen LogP contribution in [0.5, 0.6) is 0 Å². The first-order valence-electron chi connectivity index (χ1n) is 8.34. The van der Waals surface area contributed by atoms with Crippen LogP contribution in [0.2, 0.25) is 0 Å². The number of nitrogens with one attached hydrogen (secondary N) is 1. The summed E-state index contributed by atoms with van der Waals surface area (Å²) in [4.78, 5) is 15.0. The summed E-state index contributed by atoms with van der Waals surface area (Å²) in [6.07, 6.45) is 12.7. The van der Waals surface area contributed by atoms with E-state index in [1.807, 2.05) is 0 Å². The minimum Gasteiger partial charge on any atom is -0.325 e. The average Bonchev–Trinajstić information content (AvgIpc) is 3.01. The molecule has 2 aliphatic carbocycles. The molecule has 3 heteroatoms. The van der Waals surface area contributed by atoms with E-state index in [4.69, 9.17) is 0 Å². The number of rotatable bonds is 3. The molecule has 1 atom stereocenters. The maximum absolute atomic E-state index is 12.8. The van der Waals surface area contributed by atoms with Gasteiger partial charge in [-0.05, 0) is 38.0 Å². The first-order valence-corrected chi connectivity index (χ1v) is 8.34.